The summed E-state index contributed by atoms with van der Waals surface area (Å²) in [7, 11) is -4.59. The van der Waals surface area contributed by atoms with Gasteiger partial charge in [-0.1, -0.05) is 18.2 Å². The highest BCUT2D eigenvalue weighted by Gasteiger charge is 2.49. The summed E-state index contributed by atoms with van der Waals surface area (Å²) >= 11 is 0. The summed E-state index contributed by atoms with van der Waals surface area (Å²) in [6.45, 7) is 0. The van der Waals surface area contributed by atoms with E-state index in [0.29, 0.717) is 5.70 Å². The van der Waals surface area contributed by atoms with Crippen LogP contribution in [0.25, 0.3) is 0 Å². The van der Waals surface area contributed by atoms with Crippen molar-refractivity contribution in [3.8, 4) is 5.75 Å². The highest BCUT2D eigenvalue weighted by atomic mass is 32.2. The molecule has 1 aromatic rings. The fraction of sp³-hybridized carbons (Fsp3) is 0.167. The van der Waals surface area contributed by atoms with Crippen LogP contribution in [0.15, 0.2) is 54.3 Å². The van der Waals surface area contributed by atoms with Crippen molar-refractivity contribution in [1.29, 1.82) is 0 Å². The van der Waals surface area contributed by atoms with Gasteiger partial charge in [0.1, 0.15) is 5.75 Å². The fourth-order valence-electron chi connectivity index (χ4n) is 1.79. The number of hydrogen-bond donors (Lipinski definition) is 3. The smallest absolute Gasteiger partial charge is 0.312 e. The average Bonchev–Trinajstić information content (AvgIpc) is 2.33. The third kappa shape index (κ3) is 2.48. The number of nitrogens with two attached hydrogens (primary N) is 2. The van der Waals surface area contributed by atoms with Crippen molar-refractivity contribution in [3.63, 3.8) is 0 Å². The van der Waals surface area contributed by atoms with Crippen LogP contribution in [-0.4, -0.2) is 23.9 Å². The summed E-state index contributed by atoms with van der Waals surface area (Å²) < 4.78 is 38.2. The molecule has 0 radical (unpaired) electrons. The summed E-state index contributed by atoms with van der Waals surface area (Å²) in [5.74, 6) is 0.272. The Kier molecular flexibility index (Phi) is 3.36. The van der Waals surface area contributed by atoms with Crippen molar-refractivity contribution in [2.24, 2.45) is 11.5 Å². The Morgan fingerprint density at radius 2 is 1.89 bits per heavy atom. The molecule has 0 fully saturated rings. The lowest BCUT2D eigenvalue weighted by atomic mass is 10.0. The van der Waals surface area contributed by atoms with Gasteiger partial charge in [-0.15, -0.1) is 0 Å². The summed E-state index contributed by atoms with van der Waals surface area (Å²) in [6, 6.07) is 7.11. The van der Waals surface area contributed by atoms with Crippen LogP contribution in [0, 0.1) is 0 Å². The molecule has 0 saturated heterocycles. The highest BCUT2D eigenvalue weighted by Crippen LogP contribution is 2.30. The van der Waals surface area contributed by atoms with Crippen LogP contribution in [0.4, 0.5) is 0 Å². The SMILES string of the molecule is NC1=CC(N)C(Oc2ccccc2)(S(=O)(=O)O)C=C1. The van der Waals surface area contributed by atoms with Crippen LogP contribution in [0.1, 0.15) is 0 Å². The van der Waals surface area contributed by atoms with E-state index < -0.39 is 21.1 Å². The minimum atomic E-state index is -4.59. The lowest BCUT2D eigenvalue weighted by Gasteiger charge is -2.34. The lowest BCUT2D eigenvalue weighted by molar-refractivity contribution is 0.171. The maximum absolute atomic E-state index is 11.7. The molecule has 102 valence electrons. The molecule has 6 nitrogen and oxygen atoms in total. The number of hydrogen-bond acceptors (Lipinski definition) is 5. The third-order valence-corrected chi connectivity index (χ3v) is 4.07. The Morgan fingerprint density at radius 3 is 2.42 bits per heavy atom. The van der Waals surface area contributed by atoms with Gasteiger partial charge in [-0.25, -0.2) is 0 Å². The monoisotopic (exact) mass is 282 g/mol. The number of allylic oxidation sites excluding steroid dienone is 1. The summed E-state index contributed by atoms with van der Waals surface area (Å²) in [6.07, 6.45) is 3.80. The summed E-state index contributed by atoms with van der Waals surface area (Å²) in [5.41, 5.74) is 11.6. The van der Waals surface area contributed by atoms with Gasteiger partial charge in [-0.2, -0.15) is 8.42 Å². The number of rotatable bonds is 3. The average molecular weight is 282 g/mol. The van der Waals surface area contributed by atoms with Crippen LogP contribution in [0.3, 0.4) is 0 Å². The van der Waals surface area contributed by atoms with E-state index in [9.17, 15) is 13.0 Å². The first-order chi connectivity index (χ1) is 8.85. The van der Waals surface area contributed by atoms with Gasteiger partial charge in [0.05, 0.1) is 6.04 Å². The van der Waals surface area contributed by atoms with E-state index in [0.717, 1.165) is 6.08 Å². The van der Waals surface area contributed by atoms with Crippen LogP contribution >= 0.6 is 0 Å². The molecule has 2 unspecified atom stereocenters. The Balaban J connectivity index is 2.47. The van der Waals surface area contributed by atoms with Crippen molar-refractivity contribution in [1.82, 2.24) is 0 Å². The van der Waals surface area contributed by atoms with Crippen molar-refractivity contribution in [2.45, 2.75) is 11.0 Å². The van der Waals surface area contributed by atoms with Crippen molar-refractivity contribution >= 4 is 10.1 Å². The molecule has 0 aromatic heterocycles. The highest BCUT2D eigenvalue weighted by molar-refractivity contribution is 7.87. The first-order valence-corrected chi connectivity index (χ1v) is 6.92. The predicted octanol–water partition coefficient (Wildman–Crippen LogP) is 0.389. The molecule has 2 atom stereocenters. The molecule has 5 N–H and O–H groups in total. The van der Waals surface area contributed by atoms with Crippen LogP contribution in [0.5, 0.6) is 5.75 Å². The van der Waals surface area contributed by atoms with Gasteiger partial charge in [0, 0.05) is 5.70 Å². The Hall–Kier alpha value is -1.83. The second-order valence-corrected chi connectivity index (χ2v) is 5.73. The second-order valence-electron chi connectivity index (χ2n) is 4.14. The van der Waals surface area contributed by atoms with Gasteiger partial charge in [0.2, 0.25) is 0 Å². The molecule has 1 aromatic carbocycles. The molecule has 1 aliphatic rings. The molecule has 0 heterocycles. The summed E-state index contributed by atoms with van der Waals surface area (Å²) in [4.78, 5) is -2.07. The molecule has 0 aliphatic heterocycles. The van der Waals surface area contributed by atoms with E-state index in [1.54, 1.807) is 30.3 Å². The topological polar surface area (TPSA) is 116 Å². The molecule has 2 rings (SSSR count). The quantitative estimate of drug-likeness (QED) is 0.691. The maximum atomic E-state index is 11.7. The molecular formula is C12H14N2O4S. The van der Waals surface area contributed by atoms with Crippen LogP contribution in [0.2, 0.25) is 0 Å². The molecule has 0 bridgehead atoms. The molecule has 0 spiro atoms. The summed E-state index contributed by atoms with van der Waals surface area (Å²) in [5, 5.41) is 0. The van der Waals surface area contributed by atoms with Crippen LogP contribution < -0.4 is 16.2 Å². The minimum absolute atomic E-state index is 0.272. The van der Waals surface area contributed by atoms with E-state index in [1.165, 1.54) is 12.2 Å². The Labute approximate surface area is 111 Å². The zero-order valence-corrected chi connectivity index (χ0v) is 10.7. The van der Waals surface area contributed by atoms with Gasteiger partial charge in [-0.3, -0.25) is 4.55 Å². The first kappa shape index (κ1) is 13.6. The zero-order valence-electron chi connectivity index (χ0n) is 9.93. The van der Waals surface area contributed by atoms with Gasteiger partial charge in [0.25, 0.3) is 4.93 Å². The predicted molar refractivity (Wildman–Crippen MR) is 70.7 cm³/mol. The normalized spacial score (nSPS) is 26.8. The number of benzene rings is 1. The van der Waals surface area contributed by atoms with E-state index >= 15 is 0 Å². The van der Waals surface area contributed by atoms with Crippen molar-refractivity contribution in [2.75, 3.05) is 0 Å². The van der Waals surface area contributed by atoms with Crippen molar-refractivity contribution in [3.05, 3.63) is 54.3 Å². The van der Waals surface area contributed by atoms with Gasteiger partial charge in [0.15, 0.2) is 0 Å². The third-order valence-electron chi connectivity index (χ3n) is 2.77. The van der Waals surface area contributed by atoms with Gasteiger partial charge in [-0.05, 0) is 30.4 Å². The molecule has 1 aliphatic carbocycles. The van der Waals surface area contributed by atoms with E-state index in [2.05, 4.69) is 0 Å². The number of para-hydroxylation sites is 1. The molecule has 7 heteroatoms. The fourth-order valence-corrected chi connectivity index (χ4v) is 2.64. The molecule has 0 saturated carbocycles. The maximum Gasteiger partial charge on any atom is 0.312 e. The van der Waals surface area contributed by atoms with E-state index in [1.807, 2.05) is 0 Å². The molecule has 0 amide bonds. The van der Waals surface area contributed by atoms with E-state index in [-0.39, 0.29) is 5.75 Å². The Bertz CT molecular complexity index is 624. The van der Waals surface area contributed by atoms with Crippen LogP contribution in [-0.2, 0) is 10.1 Å². The molecular weight excluding hydrogens is 268 g/mol. The zero-order chi connectivity index (χ0) is 14.1. The number of ether oxygens (including phenoxy) is 1. The van der Waals surface area contributed by atoms with Gasteiger partial charge >= 0.3 is 10.1 Å². The minimum Gasteiger partial charge on any atom is -0.463 e. The van der Waals surface area contributed by atoms with E-state index in [4.69, 9.17) is 16.2 Å². The second kappa shape index (κ2) is 4.69. The largest absolute Gasteiger partial charge is 0.463 e. The first-order valence-electron chi connectivity index (χ1n) is 5.48. The van der Waals surface area contributed by atoms with Gasteiger partial charge < -0.3 is 16.2 Å². The van der Waals surface area contributed by atoms with Crippen molar-refractivity contribution < 1.29 is 17.7 Å². The molecule has 19 heavy (non-hydrogen) atoms. The lowest BCUT2D eigenvalue weighted by Crippen LogP contribution is -2.57. The standard InChI is InChI=1S/C12H14N2O4S/c13-9-6-7-12(11(14)8-9,19(15,16)17)18-10-4-2-1-3-5-10/h1-8,11H,13-14H2,(H,15,16,17). The Morgan fingerprint density at radius 1 is 1.26 bits per heavy atom.